The number of likely N-dealkylation sites (tertiary alicyclic amines) is 1. The number of aryl methyl sites for hydroxylation is 1. The van der Waals surface area contributed by atoms with Gasteiger partial charge in [0.15, 0.2) is 0 Å². The average molecular weight is 456 g/mol. The van der Waals surface area contributed by atoms with Gasteiger partial charge in [-0.15, -0.1) is 0 Å². The molecule has 2 aromatic carbocycles. The summed E-state index contributed by atoms with van der Waals surface area (Å²) < 4.78 is 27.0. The van der Waals surface area contributed by atoms with Crippen molar-refractivity contribution in [2.24, 2.45) is 0 Å². The van der Waals surface area contributed by atoms with Gasteiger partial charge in [-0.3, -0.25) is 4.79 Å². The number of pyridine rings is 1. The molecule has 0 spiro atoms. The summed E-state index contributed by atoms with van der Waals surface area (Å²) in [6, 6.07) is 10.9. The summed E-state index contributed by atoms with van der Waals surface area (Å²) in [5, 5.41) is 3.76. The molecule has 4 rings (SSSR count). The number of benzene rings is 2. The lowest BCUT2D eigenvalue weighted by Gasteiger charge is -2.38. The van der Waals surface area contributed by atoms with Gasteiger partial charge in [-0.2, -0.15) is 0 Å². The van der Waals surface area contributed by atoms with Gasteiger partial charge in [0, 0.05) is 29.6 Å². The molecule has 1 saturated heterocycles. The number of amides is 1. The number of rotatable bonds is 5. The number of nitrogens with zero attached hydrogens (tertiary/aromatic N) is 2. The fourth-order valence-corrected chi connectivity index (χ4v) is 4.52. The second-order valence-electron chi connectivity index (χ2n) is 8.22. The number of hydrogen-bond donors (Lipinski definition) is 1. The largest absolute Gasteiger partial charge is 0.355 e. The highest BCUT2D eigenvalue weighted by Gasteiger charge is 2.32. The Morgan fingerprint density at radius 3 is 2.53 bits per heavy atom. The SMILES string of the molecule is Cc1cc(F)ccc1Nc1c(C2CC(c3ccc(F)cc3)CCN2C=O)cnc(Cl)c1C. The summed E-state index contributed by atoms with van der Waals surface area (Å²) in [6.07, 6.45) is 4.03. The number of halogens is 3. The van der Waals surface area contributed by atoms with Crippen LogP contribution >= 0.6 is 11.6 Å². The predicted octanol–water partition coefficient (Wildman–Crippen LogP) is 6.45. The lowest BCUT2D eigenvalue weighted by atomic mass is 9.82. The summed E-state index contributed by atoms with van der Waals surface area (Å²) in [5.41, 5.74) is 4.91. The van der Waals surface area contributed by atoms with Gasteiger partial charge in [-0.1, -0.05) is 23.7 Å². The molecule has 1 aromatic heterocycles. The first-order chi connectivity index (χ1) is 15.4. The molecule has 3 aromatic rings. The summed E-state index contributed by atoms with van der Waals surface area (Å²) in [7, 11) is 0. The molecule has 0 aliphatic carbocycles. The Hall–Kier alpha value is -2.99. The smallest absolute Gasteiger partial charge is 0.210 e. The molecule has 1 aliphatic rings. The zero-order chi connectivity index (χ0) is 22.8. The maximum atomic E-state index is 13.6. The van der Waals surface area contributed by atoms with Crippen LogP contribution in [-0.4, -0.2) is 22.8 Å². The molecule has 1 aliphatic heterocycles. The van der Waals surface area contributed by atoms with E-state index < -0.39 is 0 Å². The fourth-order valence-electron chi connectivity index (χ4n) is 4.38. The minimum Gasteiger partial charge on any atom is -0.355 e. The number of carbonyl (C=O) groups excluding carboxylic acids is 1. The Morgan fingerprint density at radius 2 is 1.84 bits per heavy atom. The highest BCUT2D eigenvalue weighted by atomic mass is 35.5. The van der Waals surface area contributed by atoms with Crippen molar-refractivity contribution in [2.75, 3.05) is 11.9 Å². The third-order valence-electron chi connectivity index (χ3n) is 6.22. The highest BCUT2D eigenvalue weighted by Crippen LogP contribution is 2.43. The van der Waals surface area contributed by atoms with Crippen LogP contribution in [0.1, 0.15) is 47.1 Å². The Morgan fingerprint density at radius 1 is 1.12 bits per heavy atom. The number of hydrogen-bond acceptors (Lipinski definition) is 3. The molecule has 2 unspecified atom stereocenters. The maximum absolute atomic E-state index is 13.6. The molecular weight excluding hydrogens is 432 g/mol. The molecule has 4 nitrogen and oxygen atoms in total. The van der Waals surface area contributed by atoms with E-state index in [0.717, 1.165) is 46.5 Å². The van der Waals surface area contributed by atoms with E-state index >= 15 is 0 Å². The van der Waals surface area contributed by atoms with Crippen LogP contribution in [-0.2, 0) is 4.79 Å². The summed E-state index contributed by atoms with van der Waals surface area (Å²) in [4.78, 5) is 18.0. The second-order valence-corrected chi connectivity index (χ2v) is 8.58. The van der Waals surface area contributed by atoms with Crippen molar-refractivity contribution in [3.8, 4) is 0 Å². The van der Waals surface area contributed by atoms with E-state index in [9.17, 15) is 13.6 Å². The Kier molecular flexibility index (Phi) is 6.42. The molecular formula is C25H24ClF2N3O. The minimum atomic E-state index is -0.306. The van der Waals surface area contributed by atoms with Crippen molar-refractivity contribution in [3.05, 3.63) is 87.7 Å². The number of piperidine rings is 1. The van der Waals surface area contributed by atoms with Crippen molar-refractivity contribution >= 4 is 29.4 Å². The molecule has 1 N–H and O–H groups in total. The molecule has 0 bridgehead atoms. The van der Waals surface area contributed by atoms with Crippen LogP contribution in [0, 0.1) is 25.5 Å². The van der Waals surface area contributed by atoms with Gasteiger partial charge in [-0.05, 0) is 74.1 Å². The molecule has 166 valence electrons. The van der Waals surface area contributed by atoms with Crippen molar-refractivity contribution in [1.29, 1.82) is 0 Å². The van der Waals surface area contributed by atoms with Crippen LogP contribution in [0.3, 0.4) is 0 Å². The third kappa shape index (κ3) is 4.46. The Labute approximate surface area is 191 Å². The van der Waals surface area contributed by atoms with E-state index in [1.54, 1.807) is 29.3 Å². The van der Waals surface area contributed by atoms with Crippen LogP contribution in [0.4, 0.5) is 20.2 Å². The first-order valence-corrected chi connectivity index (χ1v) is 10.9. The first kappa shape index (κ1) is 22.2. The standard InChI is InChI=1S/C25H24ClF2N3O/c1-15-11-20(28)7-8-22(15)30-24-16(2)25(26)29-13-21(24)23-12-18(9-10-31(23)14-32)17-3-5-19(27)6-4-17/h3-8,11,13-14,18,23H,9-10,12H2,1-2H3,(H,29,30). The van der Waals surface area contributed by atoms with Gasteiger partial charge in [-0.25, -0.2) is 13.8 Å². The van der Waals surface area contributed by atoms with Crippen LogP contribution in [0.5, 0.6) is 0 Å². The molecule has 2 heterocycles. The minimum absolute atomic E-state index is 0.174. The van der Waals surface area contributed by atoms with Crippen molar-refractivity contribution < 1.29 is 13.6 Å². The van der Waals surface area contributed by atoms with Gasteiger partial charge in [0.1, 0.15) is 16.8 Å². The van der Waals surface area contributed by atoms with Crippen LogP contribution < -0.4 is 5.32 Å². The normalized spacial score (nSPS) is 18.5. The van der Waals surface area contributed by atoms with Crippen LogP contribution in [0.15, 0.2) is 48.7 Å². The fraction of sp³-hybridized carbons (Fsp3) is 0.280. The lowest BCUT2D eigenvalue weighted by Crippen LogP contribution is -2.35. The highest BCUT2D eigenvalue weighted by molar-refractivity contribution is 6.30. The summed E-state index contributed by atoms with van der Waals surface area (Å²) >= 11 is 6.34. The Bertz CT molecular complexity index is 1140. The summed E-state index contributed by atoms with van der Waals surface area (Å²) in [6.45, 7) is 4.27. The van der Waals surface area contributed by atoms with E-state index in [1.807, 2.05) is 13.8 Å². The molecule has 2 atom stereocenters. The number of anilines is 2. The van der Waals surface area contributed by atoms with E-state index in [1.165, 1.54) is 24.3 Å². The Balaban J connectivity index is 1.73. The zero-order valence-corrected chi connectivity index (χ0v) is 18.7. The third-order valence-corrected chi connectivity index (χ3v) is 6.60. The molecule has 0 radical (unpaired) electrons. The van der Waals surface area contributed by atoms with Crippen LogP contribution in [0.2, 0.25) is 5.15 Å². The summed E-state index contributed by atoms with van der Waals surface area (Å²) in [5.74, 6) is -0.401. The molecule has 1 fully saturated rings. The van der Waals surface area contributed by atoms with Crippen LogP contribution in [0.25, 0.3) is 0 Å². The molecule has 1 amide bonds. The number of carbonyl (C=O) groups is 1. The first-order valence-electron chi connectivity index (χ1n) is 10.5. The van der Waals surface area contributed by atoms with Crippen molar-refractivity contribution in [3.63, 3.8) is 0 Å². The molecule has 0 saturated carbocycles. The average Bonchev–Trinajstić information content (AvgIpc) is 2.79. The van der Waals surface area contributed by atoms with Crippen molar-refractivity contribution in [1.82, 2.24) is 9.88 Å². The zero-order valence-electron chi connectivity index (χ0n) is 17.9. The predicted molar refractivity (Wildman–Crippen MR) is 122 cm³/mol. The van der Waals surface area contributed by atoms with Crippen molar-refractivity contribution in [2.45, 2.75) is 38.6 Å². The van der Waals surface area contributed by atoms with E-state index in [0.29, 0.717) is 18.1 Å². The van der Waals surface area contributed by atoms with Gasteiger partial charge < -0.3 is 10.2 Å². The number of aromatic nitrogens is 1. The van der Waals surface area contributed by atoms with Gasteiger partial charge in [0.05, 0.1) is 11.7 Å². The van der Waals surface area contributed by atoms with Gasteiger partial charge >= 0.3 is 0 Å². The van der Waals surface area contributed by atoms with Gasteiger partial charge in [0.2, 0.25) is 6.41 Å². The maximum Gasteiger partial charge on any atom is 0.210 e. The van der Waals surface area contributed by atoms with Gasteiger partial charge in [0.25, 0.3) is 0 Å². The monoisotopic (exact) mass is 455 g/mol. The molecule has 7 heteroatoms. The lowest BCUT2D eigenvalue weighted by molar-refractivity contribution is -0.121. The van der Waals surface area contributed by atoms with E-state index in [2.05, 4.69) is 10.3 Å². The second kappa shape index (κ2) is 9.25. The van der Waals surface area contributed by atoms with E-state index in [4.69, 9.17) is 11.6 Å². The quantitative estimate of drug-likeness (QED) is 0.355. The van der Waals surface area contributed by atoms with E-state index in [-0.39, 0.29) is 23.6 Å². The number of nitrogens with one attached hydrogen (secondary N) is 1. The topological polar surface area (TPSA) is 45.2 Å². The molecule has 32 heavy (non-hydrogen) atoms.